The molecule has 22 heavy (non-hydrogen) atoms. The molecule has 114 valence electrons. The third-order valence-corrected chi connectivity index (χ3v) is 3.13. The van der Waals surface area contributed by atoms with E-state index >= 15 is 0 Å². The van der Waals surface area contributed by atoms with E-state index in [0.717, 1.165) is 0 Å². The van der Waals surface area contributed by atoms with Crippen LogP contribution in [0.4, 0.5) is 5.69 Å². The maximum Gasteiger partial charge on any atom is 0.342 e. The first-order valence-corrected chi connectivity index (χ1v) is 6.63. The first kappa shape index (κ1) is 15.8. The second-order valence-corrected chi connectivity index (χ2v) is 4.78. The van der Waals surface area contributed by atoms with Gasteiger partial charge in [0.15, 0.2) is 0 Å². The van der Waals surface area contributed by atoms with Crippen molar-refractivity contribution in [3.05, 3.63) is 68.7 Å². The zero-order chi connectivity index (χ0) is 16.1. The summed E-state index contributed by atoms with van der Waals surface area (Å²) < 4.78 is 10.2. The molecule has 0 spiro atoms. The van der Waals surface area contributed by atoms with E-state index in [1.54, 1.807) is 12.1 Å². The van der Waals surface area contributed by atoms with E-state index in [9.17, 15) is 14.9 Å². The Kier molecular flexibility index (Phi) is 4.95. The predicted molar refractivity (Wildman–Crippen MR) is 80.2 cm³/mol. The minimum atomic E-state index is -0.585. The number of carbonyl (C=O) groups excluding carboxylic acids is 1. The monoisotopic (exact) mass is 321 g/mol. The van der Waals surface area contributed by atoms with Gasteiger partial charge in [0.05, 0.1) is 12.0 Å². The Labute approximate surface area is 131 Å². The Bertz CT molecular complexity index is 700. The number of ether oxygens (including phenoxy) is 2. The molecule has 2 rings (SSSR count). The topological polar surface area (TPSA) is 78.7 Å². The number of hydrogen-bond donors (Lipinski definition) is 0. The standard InChI is InChI=1S/C15H12ClNO5/c1-21-14-7-4-11(16)8-13(14)15(18)22-9-10-2-5-12(6-3-10)17(19)20/h2-8H,9H2,1H3. The number of nitro benzene ring substituents is 1. The number of benzene rings is 2. The van der Waals surface area contributed by atoms with Gasteiger partial charge in [-0.1, -0.05) is 11.6 Å². The number of nitrogens with zero attached hydrogens (tertiary/aromatic N) is 1. The molecule has 0 unspecified atom stereocenters. The lowest BCUT2D eigenvalue weighted by atomic mass is 10.2. The minimum Gasteiger partial charge on any atom is -0.496 e. The summed E-state index contributed by atoms with van der Waals surface area (Å²) in [6, 6.07) is 10.4. The molecule has 0 atom stereocenters. The number of carbonyl (C=O) groups is 1. The summed E-state index contributed by atoms with van der Waals surface area (Å²) in [6.45, 7) is -0.00745. The number of rotatable bonds is 5. The molecule has 0 bridgehead atoms. The van der Waals surface area contributed by atoms with Gasteiger partial charge in [-0.2, -0.15) is 0 Å². The van der Waals surface area contributed by atoms with Crippen molar-refractivity contribution < 1.29 is 19.2 Å². The third kappa shape index (κ3) is 3.73. The van der Waals surface area contributed by atoms with Crippen LogP contribution in [0.5, 0.6) is 5.75 Å². The first-order valence-electron chi connectivity index (χ1n) is 6.25. The van der Waals surface area contributed by atoms with Gasteiger partial charge in [0.25, 0.3) is 5.69 Å². The minimum absolute atomic E-state index is 0.00745. The molecule has 0 heterocycles. The van der Waals surface area contributed by atoms with Crippen molar-refractivity contribution in [2.45, 2.75) is 6.61 Å². The highest BCUT2D eigenvalue weighted by atomic mass is 35.5. The Morgan fingerprint density at radius 1 is 1.23 bits per heavy atom. The van der Waals surface area contributed by atoms with E-state index < -0.39 is 10.9 Å². The summed E-state index contributed by atoms with van der Waals surface area (Å²) in [4.78, 5) is 22.1. The second kappa shape index (κ2) is 6.91. The molecule has 7 heteroatoms. The van der Waals surface area contributed by atoms with Gasteiger partial charge in [-0.3, -0.25) is 10.1 Å². The molecule has 0 fully saturated rings. The van der Waals surface area contributed by atoms with Gasteiger partial charge in [0.2, 0.25) is 0 Å². The molecule has 0 saturated carbocycles. The lowest BCUT2D eigenvalue weighted by Crippen LogP contribution is -2.07. The fraction of sp³-hybridized carbons (Fsp3) is 0.133. The molecule has 6 nitrogen and oxygen atoms in total. The molecule has 0 amide bonds. The van der Waals surface area contributed by atoms with E-state index in [1.807, 2.05) is 0 Å². The number of nitro groups is 1. The van der Waals surface area contributed by atoms with Crippen LogP contribution in [-0.4, -0.2) is 18.0 Å². The largest absolute Gasteiger partial charge is 0.496 e. The van der Waals surface area contributed by atoms with Crippen molar-refractivity contribution >= 4 is 23.3 Å². The first-order chi connectivity index (χ1) is 10.5. The number of methoxy groups -OCH3 is 1. The van der Waals surface area contributed by atoms with Crippen molar-refractivity contribution in [3.63, 3.8) is 0 Å². The van der Waals surface area contributed by atoms with Crippen LogP contribution in [0.3, 0.4) is 0 Å². The van der Waals surface area contributed by atoms with E-state index in [2.05, 4.69) is 0 Å². The quantitative estimate of drug-likeness (QED) is 0.477. The Morgan fingerprint density at radius 3 is 2.50 bits per heavy atom. The number of non-ortho nitro benzene ring substituents is 1. The Morgan fingerprint density at radius 2 is 1.91 bits per heavy atom. The van der Waals surface area contributed by atoms with Crippen LogP contribution in [0.25, 0.3) is 0 Å². The zero-order valence-corrected chi connectivity index (χ0v) is 12.4. The lowest BCUT2D eigenvalue weighted by molar-refractivity contribution is -0.384. The van der Waals surface area contributed by atoms with Gasteiger partial charge in [-0.05, 0) is 35.9 Å². The van der Waals surface area contributed by atoms with Crippen LogP contribution < -0.4 is 4.74 Å². The maximum atomic E-state index is 12.1. The van der Waals surface area contributed by atoms with Crippen molar-refractivity contribution in [1.82, 2.24) is 0 Å². The molecule has 0 aliphatic heterocycles. The molecule has 0 radical (unpaired) electrons. The molecule has 0 aliphatic rings. The number of esters is 1. The molecule has 0 saturated heterocycles. The van der Waals surface area contributed by atoms with Crippen molar-refractivity contribution in [3.8, 4) is 5.75 Å². The van der Waals surface area contributed by atoms with E-state index in [0.29, 0.717) is 16.3 Å². The molecular formula is C15H12ClNO5. The zero-order valence-electron chi connectivity index (χ0n) is 11.6. The SMILES string of the molecule is COc1ccc(Cl)cc1C(=O)OCc1ccc([N+](=O)[O-])cc1. The normalized spacial score (nSPS) is 10.1. The van der Waals surface area contributed by atoms with Gasteiger partial charge >= 0.3 is 5.97 Å². The summed E-state index contributed by atoms with van der Waals surface area (Å²) in [5.41, 5.74) is 0.837. The highest BCUT2D eigenvalue weighted by Crippen LogP contribution is 2.24. The van der Waals surface area contributed by atoms with E-state index in [4.69, 9.17) is 21.1 Å². The summed E-state index contributed by atoms with van der Waals surface area (Å²) in [7, 11) is 1.44. The van der Waals surface area contributed by atoms with Gasteiger partial charge < -0.3 is 9.47 Å². The van der Waals surface area contributed by atoms with Crippen LogP contribution >= 0.6 is 11.6 Å². The molecule has 2 aromatic carbocycles. The van der Waals surface area contributed by atoms with E-state index in [1.165, 1.54) is 37.4 Å². The predicted octanol–water partition coefficient (Wildman–Crippen LogP) is 3.61. The van der Waals surface area contributed by atoms with Crippen LogP contribution in [0.1, 0.15) is 15.9 Å². The number of halogens is 1. The van der Waals surface area contributed by atoms with Gasteiger partial charge in [-0.15, -0.1) is 0 Å². The Hall–Kier alpha value is -2.60. The van der Waals surface area contributed by atoms with Crippen LogP contribution in [0.15, 0.2) is 42.5 Å². The average Bonchev–Trinajstić information content (AvgIpc) is 2.53. The summed E-state index contributed by atoms with van der Waals surface area (Å²) in [5.74, 6) is -0.226. The van der Waals surface area contributed by atoms with Crippen molar-refractivity contribution in [1.29, 1.82) is 0 Å². The van der Waals surface area contributed by atoms with Gasteiger partial charge in [0.1, 0.15) is 17.9 Å². The van der Waals surface area contributed by atoms with Crippen LogP contribution in [-0.2, 0) is 11.3 Å². The molecular weight excluding hydrogens is 310 g/mol. The maximum absolute atomic E-state index is 12.1. The lowest BCUT2D eigenvalue weighted by Gasteiger charge is -2.09. The van der Waals surface area contributed by atoms with E-state index in [-0.39, 0.29) is 17.9 Å². The van der Waals surface area contributed by atoms with Gasteiger partial charge in [-0.25, -0.2) is 4.79 Å². The summed E-state index contributed by atoms with van der Waals surface area (Å²) in [5, 5.41) is 11.0. The fourth-order valence-corrected chi connectivity index (χ4v) is 1.95. The van der Waals surface area contributed by atoms with Crippen LogP contribution in [0, 0.1) is 10.1 Å². The van der Waals surface area contributed by atoms with Crippen LogP contribution in [0.2, 0.25) is 5.02 Å². The fourth-order valence-electron chi connectivity index (χ4n) is 1.78. The second-order valence-electron chi connectivity index (χ2n) is 4.34. The van der Waals surface area contributed by atoms with Crippen molar-refractivity contribution in [2.24, 2.45) is 0 Å². The third-order valence-electron chi connectivity index (χ3n) is 2.90. The summed E-state index contributed by atoms with van der Waals surface area (Å²) in [6.07, 6.45) is 0. The summed E-state index contributed by atoms with van der Waals surface area (Å²) >= 11 is 5.85. The highest BCUT2D eigenvalue weighted by Gasteiger charge is 2.15. The van der Waals surface area contributed by atoms with Crippen molar-refractivity contribution in [2.75, 3.05) is 7.11 Å². The number of hydrogen-bond acceptors (Lipinski definition) is 5. The highest BCUT2D eigenvalue weighted by molar-refractivity contribution is 6.31. The van der Waals surface area contributed by atoms with Gasteiger partial charge in [0, 0.05) is 17.2 Å². The molecule has 2 aromatic rings. The average molecular weight is 322 g/mol. The Balaban J connectivity index is 2.06. The molecule has 0 aromatic heterocycles. The smallest absolute Gasteiger partial charge is 0.342 e. The molecule has 0 N–H and O–H groups in total. The molecule has 0 aliphatic carbocycles.